The molecule has 0 aromatic heterocycles. The smallest absolute Gasteiger partial charge is 0.496 e. The molecule has 0 amide bonds. The predicted molar refractivity (Wildman–Crippen MR) is 50.8 cm³/mol. The molecule has 0 saturated carbocycles. The van der Waals surface area contributed by atoms with Crippen molar-refractivity contribution in [2.24, 2.45) is 0 Å². The molecule has 3 heteroatoms. The van der Waals surface area contributed by atoms with Crippen LogP contribution in [-0.4, -0.2) is 25.0 Å². The van der Waals surface area contributed by atoms with Gasteiger partial charge in [0, 0.05) is 6.07 Å². The second kappa shape index (κ2) is 3.94. The highest BCUT2D eigenvalue weighted by Gasteiger charge is 2.14. The van der Waals surface area contributed by atoms with E-state index in [1.807, 2.05) is 13.0 Å². The molecule has 1 N–H and O–H groups in total. The third-order valence-corrected chi connectivity index (χ3v) is 1.85. The van der Waals surface area contributed by atoms with Gasteiger partial charge in [-0.05, 0) is 18.6 Å². The summed E-state index contributed by atoms with van der Waals surface area (Å²) in [6, 6.07) is 5.37. The third kappa shape index (κ3) is 1.99. The summed E-state index contributed by atoms with van der Waals surface area (Å²) < 4.78 is 9.79. The van der Waals surface area contributed by atoms with Crippen LogP contribution in [0.4, 0.5) is 0 Å². The van der Waals surface area contributed by atoms with Crippen LogP contribution in [0.5, 0.6) is 5.75 Å². The number of rotatable bonds is 2. The van der Waals surface area contributed by atoms with Crippen LogP contribution in [0.15, 0.2) is 18.2 Å². The van der Waals surface area contributed by atoms with Gasteiger partial charge in [-0.2, -0.15) is 0 Å². The van der Waals surface area contributed by atoms with Crippen LogP contribution in [0.25, 0.3) is 0 Å². The Hall–Kier alpha value is -1.51. The first-order valence-electron chi connectivity index (χ1n) is 3.94. The average molecular weight is 181 g/mol. The minimum absolute atomic E-state index is 0.0988. The molecule has 0 spiro atoms. The van der Waals surface area contributed by atoms with Gasteiger partial charge < -0.3 is 14.3 Å². The number of hydrogen-bond acceptors (Lipinski definition) is 2. The molecule has 0 aliphatic heterocycles. The van der Waals surface area contributed by atoms with Crippen molar-refractivity contribution in [1.82, 2.24) is 0 Å². The first kappa shape index (κ1) is 9.58. The summed E-state index contributed by atoms with van der Waals surface area (Å²) in [6.07, 6.45) is 0. The van der Waals surface area contributed by atoms with Gasteiger partial charge in [-0.15, -0.1) is 0 Å². The average Bonchev–Trinajstić information content (AvgIpc) is 2.17. The molecule has 3 nitrogen and oxygen atoms in total. The summed E-state index contributed by atoms with van der Waals surface area (Å²) in [6.45, 7) is 1.94. The van der Waals surface area contributed by atoms with Crippen LogP contribution in [-0.2, 0) is 4.74 Å². The Bertz CT molecular complexity index is 318. The number of methoxy groups -OCH3 is 2. The molecule has 0 radical (unpaired) electrons. The van der Waals surface area contributed by atoms with Crippen molar-refractivity contribution in [1.29, 1.82) is 0 Å². The van der Waals surface area contributed by atoms with E-state index in [1.54, 1.807) is 19.2 Å². The van der Waals surface area contributed by atoms with Crippen molar-refractivity contribution in [3.63, 3.8) is 0 Å². The predicted octanol–water partition coefficient (Wildman–Crippen LogP) is 1.50. The Kier molecular flexibility index (Phi) is 2.90. The van der Waals surface area contributed by atoms with E-state index in [0.717, 1.165) is 11.3 Å². The fourth-order valence-corrected chi connectivity index (χ4v) is 1.07. The number of aryl methyl sites for hydroxylation is 1. The molecule has 0 heterocycles. The maximum Gasteiger partial charge on any atom is 0.517 e. The largest absolute Gasteiger partial charge is 0.517 e. The van der Waals surface area contributed by atoms with E-state index in [0.29, 0.717) is 5.56 Å². The standard InChI is InChI=1S/C10H12O3/c1-7-4-5-8(10(11)13-3)6-9(7)12-2/h4-6H,1-3H3/p+1. The summed E-state index contributed by atoms with van der Waals surface area (Å²) >= 11 is 0. The summed E-state index contributed by atoms with van der Waals surface area (Å²) in [5.74, 6) is 0.638. The van der Waals surface area contributed by atoms with Gasteiger partial charge in [0.05, 0.1) is 7.11 Å². The normalized spacial score (nSPS) is 9.46. The zero-order valence-corrected chi connectivity index (χ0v) is 8.00. The van der Waals surface area contributed by atoms with Gasteiger partial charge in [0.2, 0.25) is 0 Å². The van der Waals surface area contributed by atoms with E-state index in [1.165, 1.54) is 7.11 Å². The van der Waals surface area contributed by atoms with E-state index < -0.39 is 0 Å². The summed E-state index contributed by atoms with van der Waals surface area (Å²) in [4.78, 5) is 9.28. The summed E-state index contributed by atoms with van der Waals surface area (Å²) in [5.41, 5.74) is 1.64. The highest BCUT2D eigenvalue weighted by Crippen LogP contribution is 2.18. The van der Waals surface area contributed by atoms with E-state index in [4.69, 9.17) is 9.47 Å². The lowest BCUT2D eigenvalue weighted by atomic mass is 10.1. The highest BCUT2D eigenvalue weighted by molar-refractivity contribution is 5.90. The monoisotopic (exact) mass is 181 g/mol. The summed E-state index contributed by atoms with van der Waals surface area (Å²) in [7, 11) is 3.01. The Morgan fingerprint density at radius 1 is 1.31 bits per heavy atom. The van der Waals surface area contributed by atoms with Crippen LogP contribution in [0.2, 0.25) is 0 Å². The number of ether oxygens (including phenoxy) is 2. The van der Waals surface area contributed by atoms with Gasteiger partial charge in [-0.1, -0.05) is 6.07 Å². The second-order valence-electron chi connectivity index (χ2n) is 2.69. The van der Waals surface area contributed by atoms with Crippen molar-refractivity contribution in [2.45, 2.75) is 6.92 Å². The molecular formula is C10H13O3+. The minimum Gasteiger partial charge on any atom is -0.496 e. The maximum atomic E-state index is 9.28. The van der Waals surface area contributed by atoms with Gasteiger partial charge in [-0.25, -0.2) is 0 Å². The zero-order chi connectivity index (χ0) is 9.84. The van der Waals surface area contributed by atoms with Gasteiger partial charge in [0.1, 0.15) is 11.3 Å². The first-order valence-corrected chi connectivity index (χ1v) is 3.94. The fraction of sp³-hybridized carbons (Fsp3) is 0.300. The number of hydrogen-bond donors (Lipinski definition) is 0. The van der Waals surface area contributed by atoms with E-state index in [9.17, 15) is 4.79 Å². The van der Waals surface area contributed by atoms with Crippen molar-refractivity contribution in [3.8, 4) is 5.75 Å². The van der Waals surface area contributed by atoms with Crippen LogP contribution in [0.3, 0.4) is 0 Å². The molecule has 70 valence electrons. The SMILES string of the molecule is COC(=[OH+])c1ccc(C)c(OC)c1. The maximum absolute atomic E-state index is 9.28. The van der Waals surface area contributed by atoms with Crippen molar-refractivity contribution < 1.29 is 14.3 Å². The Morgan fingerprint density at radius 3 is 2.54 bits per heavy atom. The Labute approximate surface area is 77.3 Å². The van der Waals surface area contributed by atoms with Gasteiger partial charge in [0.15, 0.2) is 7.11 Å². The van der Waals surface area contributed by atoms with Crippen LogP contribution in [0.1, 0.15) is 11.1 Å². The molecule has 0 aliphatic carbocycles. The molecule has 13 heavy (non-hydrogen) atoms. The molecule has 0 aliphatic rings. The molecule has 1 aromatic carbocycles. The molecule has 0 fully saturated rings. The van der Waals surface area contributed by atoms with Crippen molar-refractivity contribution in [3.05, 3.63) is 29.3 Å². The topological polar surface area (TPSA) is 39.9 Å². The second-order valence-corrected chi connectivity index (χ2v) is 2.69. The van der Waals surface area contributed by atoms with Crippen LogP contribution < -0.4 is 4.74 Å². The first-order chi connectivity index (χ1) is 6.19. The number of carbonyl (C=O) groups excluding carboxylic acids is 1. The zero-order valence-electron chi connectivity index (χ0n) is 8.00. The van der Waals surface area contributed by atoms with Crippen LogP contribution in [0, 0.1) is 6.92 Å². The van der Waals surface area contributed by atoms with Crippen LogP contribution >= 0.6 is 0 Å². The molecule has 0 atom stereocenters. The third-order valence-electron chi connectivity index (χ3n) is 1.85. The summed E-state index contributed by atoms with van der Waals surface area (Å²) in [5, 5.41) is 0. The Balaban J connectivity index is 3.06. The highest BCUT2D eigenvalue weighted by atomic mass is 16.5. The molecule has 1 rings (SSSR count). The quantitative estimate of drug-likeness (QED) is 0.512. The van der Waals surface area contributed by atoms with Crippen molar-refractivity contribution >= 4 is 5.97 Å². The molecule has 0 bridgehead atoms. The van der Waals surface area contributed by atoms with Crippen molar-refractivity contribution in [2.75, 3.05) is 14.2 Å². The minimum atomic E-state index is -0.0988. The molecular weight excluding hydrogens is 168 g/mol. The lowest BCUT2D eigenvalue weighted by Gasteiger charge is -2.03. The fourth-order valence-electron chi connectivity index (χ4n) is 1.07. The van der Waals surface area contributed by atoms with E-state index in [2.05, 4.69) is 0 Å². The van der Waals surface area contributed by atoms with Gasteiger partial charge >= 0.3 is 5.97 Å². The lowest BCUT2D eigenvalue weighted by Crippen LogP contribution is -2.03. The van der Waals surface area contributed by atoms with E-state index >= 15 is 0 Å². The molecule has 0 unspecified atom stereocenters. The van der Waals surface area contributed by atoms with E-state index in [-0.39, 0.29) is 5.97 Å². The molecule has 0 saturated heterocycles. The van der Waals surface area contributed by atoms with Gasteiger partial charge in [0.25, 0.3) is 0 Å². The van der Waals surface area contributed by atoms with Gasteiger partial charge in [-0.3, -0.25) is 0 Å². The molecule has 1 aromatic rings. The Morgan fingerprint density at radius 2 is 2.00 bits per heavy atom. The number of esters is 1. The lowest BCUT2D eigenvalue weighted by molar-refractivity contribution is 0.356. The number of benzene rings is 1.